The van der Waals surface area contributed by atoms with E-state index in [0.717, 1.165) is 90.0 Å². The molecule has 0 bridgehead atoms. The quantitative estimate of drug-likeness (QED) is 0.0350. The van der Waals surface area contributed by atoms with Crippen LogP contribution >= 0.6 is 11.8 Å². The Bertz CT molecular complexity index is 1090. The number of hydrogen-bond donors (Lipinski definition) is 1. The molecule has 1 N–H and O–H groups in total. The Balaban J connectivity index is 0. The van der Waals surface area contributed by atoms with Gasteiger partial charge in [-0.15, -0.1) is 0 Å². The summed E-state index contributed by atoms with van der Waals surface area (Å²) in [4.78, 5) is 77.5. The van der Waals surface area contributed by atoms with Crippen molar-refractivity contribution in [3.63, 3.8) is 0 Å². The molecule has 0 aliphatic rings. The van der Waals surface area contributed by atoms with Crippen molar-refractivity contribution in [1.29, 1.82) is 0 Å². The zero-order valence-corrected chi connectivity index (χ0v) is 40.3. The van der Waals surface area contributed by atoms with Crippen LogP contribution in [0.1, 0.15) is 202 Å². The average Bonchev–Trinajstić information content (AvgIpc) is 3.23. The number of unbranched alkanes of at least 4 members (excludes halogenated alkanes) is 12. The van der Waals surface area contributed by atoms with Crippen LogP contribution in [0.3, 0.4) is 0 Å². The summed E-state index contributed by atoms with van der Waals surface area (Å²) >= 11 is 1.22. The van der Waals surface area contributed by atoms with Crippen molar-refractivity contribution in [2.75, 3.05) is 47.1 Å². The molecule has 358 valence electrons. The van der Waals surface area contributed by atoms with Crippen LogP contribution in [0.15, 0.2) is 0 Å². The van der Waals surface area contributed by atoms with Crippen molar-refractivity contribution in [2.45, 2.75) is 219 Å². The van der Waals surface area contributed by atoms with Crippen molar-refractivity contribution in [3.05, 3.63) is 0 Å². The zero-order valence-electron chi connectivity index (χ0n) is 39.4. The minimum absolute atomic E-state index is 0.0361. The SMILES string of the molecule is CC.CCCCCCCC(=O)OCC(CO)OC(=O)CCCC(CCCC(=O)OC(COC(=O)CCCCCCC)COC(=O)CCCCCCC)SC(=O)CCCN(C)C. The van der Waals surface area contributed by atoms with Gasteiger partial charge in [0.05, 0.1) is 6.61 Å². The first-order chi connectivity index (χ1) is 29.4. The van der Waals surface area contributed by atoms with Crippen LogP contribution in [-0.4, -0.2) is 109 Å². The normalized spacial score (nSPS) is 12.0. The lowest BCUT2D eigenvalue weighted by Crippen LogP contribution is -2.31. The van der Waals surface area contributed by atoms with Gasteiger partial charge in [-0.1, -0.05) is 123 Å². The van der Waals surface area contributed by atoms with Gasteiger partial charge in [-0.3, -0.25) is 28.8 Å². The molecule has 0 aliphatic heterocycles. The number of carbonyl (C=O) groups is 6. The minimum atomic E-state index is -0.956. The average molecular weight is 890 g/mol. The Morgan fingerprint density at radius 3 is 1.21 bits per heavy atom. The Hall–Kier alpha value is -2.71. The summed E-state index contributed by atoms with van der Waals surface area (Å²) in [6.45, 7) is 10.0. The van der Waals surface area contributed by atoms with Crippen LogP contribution in [0.2, 0.25) is 0 Å². The molecule has 2 atom stereocenters. The molecule has 0 aromatic heterocycles. The van der Waals surface area contributed by atoms with Crippen LogP contribution in [0, 0.1) is 0 Å². The molecular weight excluding hydrogens is 803 g/mol. The Morgan fingerprint density at radius 1 is 0.475 bits per heavy atom. The minimum Gasteiger partial charge on any atom is -0.462 e. The van der Waals surface area contributed by atoms with Gasteiger partial charge in [-0.25, -0.2) is 0 Å². The number of carbonyl (C=O) groups excluding carboxylic acids is 6. The van der Waals surface area contributed by atoms with Gasteiger partial charge < -0.3 is 33.7 Å². The fourth-order valence-electron chi connectivity index (χ4n) is 6.12. The predicted molar refractivity (Wildman–Crippen MR) is 243 cm³/mol. The highest BCUT2D eigenvalue weighted by Crippen LogP contribution is 2.26. The molecule has 0 fully saturated rings. The van der Waals surface area contributed by atoms with Crippen LogP contribution in [0.25, 0.3) is 0 Å². The molecule has 0 aliphatic carbocycles. The summed E-state index contributed by atoms with van der Waals surface area (Å²) in [5.74, 6) is -2.22. The van der Waals surface area contributed by atoms with Crippen molar-refractivity contribution in [1.82, 2.24) is 4.90 Å². The van der Waals surface area contributed by atoms with E-state index in [4.69, 9.17) is 23.7 Å². The van der Waals surface area contributed by atoms with E-state index in [1.807, 2.05) is 32.8 Å². The molecule has 0 heterocycles. The van der Waals surface area contributed by atoms with Crippen LogP contribution < -0.4 is 0 Å². The molecule has 13 nitrogen and oxygen atoms in total. The first-order valence-corrected chi connectivity index (χ1v) is 24.6. The maximum absolute atomic E-state index is 13.0. The smallest absolute Gasteiger partial charge is 0.306 e. The second-order valence-electron chi connectivity index (χ2n) is 15.8. The second-order valence-corrected chi connectivity index (χ2v) is 17.1. The highest BCUT2D eigenvalue weighted by atomic mass is 32.2. The number of nitrogens with zero attached hydrogens (tertiary/aromatic N) is 1. The molecule has 0 aromatic rings. The Morgan fingerprint density at radius 2 is 0.836 bits per heavy atom. The van der Waals surface area contributed by atoms with Crippen molar-refractivity contribution in [3.8, 4) is 0 Å². The summed E-state index contributed by atoms with van der Waals surface area (Å²) in [5.41, 5.74) is 0. The van der Waals surface area contributed by atoms with Gasteiger partial charge in [0.25, 0.3) is 0 Å². The molecule has 0 rings (SSSR count). The monoisotopic (exact) mass is 890 g/mol. The number of ether oxygens (including phenoxy) is 5. The predicted octanol–water partition coefficient (Wildman–Crippen LogP) is 9.85. The zero-order chi connectivity index (χ0) is 45.9. The maximum atomic E-state index is 13.0. The molecule has 0 saturated heterocycles. The van der Waals surface area contributed by atoms with Crippen LogP contribution in [0.5, 0.6) is 0 Å². The molecule has 0 saturated carbocycles. The van der Waals surface area contributed by atoms with Gasteiger partial charge in [0, 0.05) is 43.8 Å². The van der Waals surface area contributed by atoms with Gasteiger partial charge in [-0.2, -0.15) is 0 Å². The highest BCUT2D eigenvalue weighted by Gasteiger charge is 2.22. The number of aliphatic hydroxyl groups excluding tert-OH is 1. The third kappa shape index (κ3) is 41.1. The fourth-order valence-corrected chi connectivity index (χ4v) is 7.32. The summed E-state index contributed by atoms with van der Waals surface area (Å²) < 4.78 is 27.1. The number of esters is 5. The van der Waals surface area contributed by atoms with E-state index in [1.54, 1.807) is 0 Å². The topological polar surface area (TPSA) is 172 Å². The lowest BCUT2D eigenvalue weighted by Gasteiger charge is -2.19. The van der Waals surface area contributed by atoms with Crippen LogP contribution in [0.4, 0.5) is 0 Å². The standard InChI is InChI=1S/C45H81NO12S.C2H6/c1-6-9-12-15-18-26-40(48)54-34-37(33-47)57-43(51)29-21-24-39(59-45(53)31-23-32-46(4)5)25-22-30-44(52)58-38(35-55-41(49)27-19-16-13-10-7-2)36-56-42(50)28-20-17-14-11-8-3;1-2/h37-39,47H,6-36H2,1-5H3;1-2H3. The third-order valence-electron chi connectivity index (χ3n) is 9.64. The molecular formula is C47H87NO12S. The number of aliphatic hydroxyl groups is 1. The van der Waals surface area contributed by atoms with Gasteiger partial charge in [0.1, 0.15) is 19.8 Å². The van der Waals surface area contributed by atoms with Crippen molar-refractivity contribution >= 4 is 46.7 Å². The molecule has 0 spiro atoms. The molecule has 0 radical (unpaired) electrons. The molecule has 14 heteroatoms. The Kier molecular flexibility index (Phi) is 43.5. The number of hydrogen-bond acceptors (Lipinski definition) is 14. The fraction of sp³-hybridized carbons (Fsp3) is 0.872. The summed E-state index contributed by atoms with van der Waals surface area (Å²) in [6.07, 6.45) is 16.8. The van der Waals surface area contributed by atoms with Gasteiger partial charge in [0.2, 0.25) is 0 Å². The molecule has 0 aromatic carbocycles. The molecule has 2 unspecified atom stereocenters. The van der Waals surface area contributed by atoms with Crippen LogP contribution in [-0.2, 0) is 52.5 Å². The summed E-state index contributed by atoms with van der Waals surface area (Å²) in [5, 5.41) is 9.57. The largest absolute Gasteiger partial charge is 0.462 e. The van der Waals surface area contributed by atoms with E-state index in [1.165, 1.54) is 11.8 Å². The number of thioether (sulfide) groups is 1. The molecule has 0 amide bonds. The van der Waals surface area contributed by atoms with Gasteiger partial charge in [0.15, 0.2) is 17.3 Å². The first kappa shape index (κ1) is 60.4. The van der Waals surface area contributed by atoms with E-state index in [0.29, 0.717) is 51.4 Å². The van der Waals surface area contributed by atoms with Crippen molar-refractivity contribution in [2.24, 2.45) is 0 Å². The van der Waals surface area contributed by atoms with Crippen molar-refractivity contribution < 1.29 is 57.6 Å². The highest BCUT2D eigenvalue weighted by molar-refractivity contribution is 8.14. The van der Waals surface area contributed by atoms with E-state index >= 15 is 0 Å². The number of rotatable bonds is 40. The maximum Gasteiger partial charge on any atom is 0.306 e. The Labute approximate surface area is 374 Å². The van der Waals surface area contributed by atoms with Gasteiger partial charge >= 0.3 is 29.8 Å². The van der Waals surface area contributed by atoms with E-state index in [2.05, 4.69) is 20.8 Å². The van der Waals surface area contributed by atoms with Gasteiger partial charge in [-0.05, 0) is 72.0 Å². The summed E-state index contributed by atoms with van der Waals surface area (Å²) in [7, 11) is 3.90. The van der Waals surface area contributed by atoms with E-state index in [-0.39, 0.29) is 80.2 Å². The van der Waals surface area contributed by atoms with E-state index in [9.17, 15) is 33.9 Å². The third-order valence-corrected chi connectivity index (χ3v) is 10.9. The lowest BCUT2D eigenvalue weighted by atomic mass is 10.1. The summed E-state index contributed by atoms with van der Waals surface area (Å²) in [6, 6.07) is 0. The molecule has 61 heavy (non-hydrogen) atoms. The lowest BCUT2D eigenvalue weighted by molar-refractivity contribution is -0.167. The van der Waals surface area contributed by atoms with E-state index < -0.39 is 30.8 Å². The second kappa shape index (κ2) is 43.9. The first-order valence-electron chi connectivity index (χ1n) is 23.7.